The molecule has 0 atom stereocenters. The highest BCUT2D eigenvalue weighted by atomic mass is 32.2. The first kappa shape index (κ1) is 49.1. The molecule has 0 aliphatic heterocycles. The summed E-state index contributed by atoms with van der Waals surface area (Å²) < 4.78 is 30.5. The Morgan fingerprint density at radius 3 is 1.28 bits per heavy atom. The van der Waals surface area contributed by atoms with Crippen LogP contribution in [0.3, 0.4) is 0 Å². The first-order valence-corrected chi connectivity index (χ1v) is 23.5. The van der Waals surface area contributed by atoms with Crippen LogP contribution in [0.25, 0.3) is 0 Å². The quantitative estimate of drug-likeness (QED) is 0.0417. The van der Waals surface area contributed by atoms with Gasteiger partial charge in [-0.25, -0.2) is 0 Å². The molecular formula is C48H82O4S. The van der Waals surface area contributed by atoms with Gasteiger partial charge in [0.15, 0.2) is 0 Å². The summed E-state index contributed by atoms with van der Waals surface area (Å²) in [6.07, 6.45) is 51.6. The highest BCUT2D eigenvalue weighted by Gasteiger charge is 2.25. The van der Waals surface area contributed by atoms with Crippen molar-refractivity contribution in [2.45, 2.75) is 217 Å². The number of aryl methyl sites for hydroxylation is 1. The monoisotopic (exact) mass is 755 g/mol. The molecule has 1 aromatic rings. The Bertz CT molecular complexity index is 1130. The van der Waals surface area contributed by atoms with Gasteiger partial charge in [-0.05, 0) is 115 Å². The average Bonchev–Trinajstić information content (AvgIpc) is 3.14. The van der Waals surface area contributed by atoms with Crippen molar-refractivity contribution in [2.75, 3.05) is 6.61 Å². The van der Waals surface area contributed by atoms with Gasteiger partial charge in [0.1, 0.15) is 0 Å². The molecule has 0 bridgehead atoms. The molecule has 0 aliphatic carbocycles. The minimum atomic E-state index is -3.75. The predicted molar refractivity (Wildman–Crippen MR) is 231 cm³/mol. The average molecular weight is 755 g/mol. The molecular weight excluding hydrogens is 673 g/mol. The van der Waals surface area contributed by atoms with Crippen LogP contribution < -0.4 is 0 Å². The summed E-state index contributed by atoms with van der Waals surface area (Å²) in [7, 11) is -3.75. The van der Waals surface area contributed by atoms with E-state index in [0.717, 1.165) is 50.5 Å². The van der Waals surface area contributed by atoms with Crippen LogP contribution in [0, 0.1) is 6.92 Å². The zero-order valence-corrected chi connectivity index (χ0v) is 35.5. The van der Waals surface area contributed by atoms with Gasteiger partial charge in [-0.1, -0.05) is 170 Å². The van der Waals surface area contributed by atoms with Crippen molar-refractivity contribution in [3.05, 3.63) is 78.4 Å². The molecule has 0 unspecified atom stereocenters. The van der Waals surface area contributed by atoms with Crippen LogP contribution in [-0.4, -0.2) is 25.7 Å². The second-order valence-corrected chi connectivity index (χ2v) is 17.1. The molecule has 1 N–H and O–H groups in total. The molecule has 0 saturated carbocycles. The van der Waals surface area contributed by atoms with Gasteiger partial charge in [0.25, 0.3) is 10.1 Å². The summed E-state index contributed by atoms with van der Waals surface area (Å²) in [5.74, 6) is 0. The third kappa shape index (κ3) is 30.0. The number of unbranched alkanes of at least 4 members (excludes halogenated alkanes) is 19. The summed E-state index contributed by atoms with van der Waals surface area (Å²) in [5, 5.41) is 11.7. The van der Waals surface area contributed by atoms with E-state index >= 15 is 0 Å². The molecule has 304 valence electrons. The maximum atomic E-state index is 12.6. The van der Waals surface area contributed by atoms with Crippen molar-refractivity contribution in [1.82, 2.24) is 0 Å². The molecule has 0 radical (unpaired) electrons. The molecule has 0 aliphatic rings. The number of hydrogen-bond donors (Lipinski definition) is 1. The van der Waals surface area contributed by atoms with E-state index in [-0.39, 0.29) is 11.5 Å². The maximum absolute atomic E-state index is 12.6. The van der Waals surface area contributed by atoms with E-state index < -0.39 is 15.7 Å². The van der Waals surface area contributed by atoms with Crippen molar-refractivity contribution in [3.63, 3.8) is 0 Å². The van der Waals surface area contributed by atoms with Crippen molar-refractivity contribution < 1.29 is 17.7 Å². The predicted octanol–water partition coefficient (Wildman–Crippen LogP) is 15.0. The third-order valence-corrected chi connectivity index (χ3v) is 11.6. The Kier molecular flexibility index (Phi) is 32.0. The molecule has 1 rings (SSSR count). The molecule has 1 aromatic carbocycles. The van der Waals surface area contributed by atoms with Crippen LogP contribution in [0.15, 0.2) is 77.8 Å². The van der Waals surface area contributed by atoms with Gasteiger partial charge in [0, 0.05) is 0 Å². The molecule has 53 heavy (non-hydrogen) atoms. The van der Waals surface area contributed by atoms with Gasteiger partial charge in [-0.15, -0.1) is 0 Å². The molecule has 0 fully saturated rings. The summed E-state index contributed by atoms with van der Waals surface area (Å²) in [5.41, 5.74) is 0.350. The summed E-state index contributed by atoms with van der Waals surface area (Å²) in [6.45, 7) is 6.59. The lowest BCUT2D eigenvalue weighted by Gasteiger charge is -2.28. The molecule has 0 heterocycles. The van der Waals surface area contributed by atoms with Crippen LogP contribution in [0.1, 0.15) is 206 Å². The van der Waals surface area contributed by atoms with E-state index in [9.17, 15) is 13.5 Å². The Balaban J connectivity index is 2.33. The van der Waals surface area contributed by atoms with Crippen molar-refractivity contribution in [3.8, 4) is 0 Å². The van der Waals surface area contributed by atoms with Crippen LogP contribution in [0.2, 0.25) is 0 Å². The Morgan fingerprint density at radius 2 is 0.868 bits per heavy atom. The van der Waals surface area contributed by atoms with Crippen LogP contribution in [0.5, 0.6) is 0 Å². The normalized spacial score (nSPS) is 12.8. The zero-order valence-electron chi connectivity index (χ0n) is 34.7. The van der Waals surface area contributed by atoms with E-state index in [0.29, 0.717) is 12.8 Å². The standard InChI is InChI=1S/C48H82O4S/c1-4-6-8-10-12-14-16-18-20-22-24-26-28-30-32-34-42-48(49,44-36-37-45-52-53(50,51)47-40-38-46(3)39-41-47)43-35-33-31-29-27-25-23-21-19-17-15-13-11-9-7-5-2/h12-15,18-21,38-41,49H,4-11,16-17,22-37,42-45H2,1-3H3/b14-12-,15-13-,20-18-,21-19-. The van der Waals surface area contributed by atoms with E-state index in [1.54, 1.807) is 24.3 Å². The van der Waals surface area contributed by atoms with Crippen LogP contribution in [-0.2, 0) is 14.3 Å². The first-order valence-electron chi connectivity index (χ1n) is 22.1. The minimum absolute atomic E-state index is 0.155. The fraction of sp³-hybridized carbons (Fsp3) is 0.708. The lowest BCUT2D eigenvalue weighted by molar-refractivity contribution is 0.00656. The topological polar surface area (TPSA) is 63.6 Å². The van der Waals surface area contributed by atoms with Crippen molar-refractivity contribution >= 4 is 10.1 Å². The molecule has 0 saturated heterocycles. The van der Waals surface area contributed by atoms with Gasteiger partial charge in [-0.2, -0.15) is 8.42 Å². The van der Waals surface area contributed by atoms with Crippen LogP contribution >= 0.6 is 0 Å². The number of allylic oxidation sites excluding steroid dienone is 8. The highest BCUT2D eigenvalue weighted by molar-refractivity contribution is 7.86. The van der Waals surface area contributed by atoms with Gasteiger partial charge < -0.3 is 5.11 Å². The second kappa shape index (κ2) is 34.5. The minimum Gasteiger partial charge on any atom is -0.390 e. The molecule has 4 nitrogen and oxygen atoms in total. The zero-order chi connectivity index (χ0) is 38.6. The second-order valence-electron chi connectivity index (χ2n) is 15.4. The van der Waals surface area contributed by atoms with Gasteiger partial charge in [0.05, 0.1) is 17.1 Å². The Hall–Kier alpha value is -1.95. The fourth-order valence-electron chi connectivity index (χ4n) is 6.76. The van der Waals surface area contributed by atoms with E-state index in [1.807, 2.05) is 6.92 Å². The summed E-state index contributed by atoms with van der Waals surface area (Å²) in [6, 6.07) is 6.78. The van der Waals surface area contributed by atoms with Gasteiger partial charge in [-0.3, -0.25) is 4.18 Å². The SMILES string of the molecule is CCCCC/C=C\C/C=C\CCCCCCCCC(O)(CCCCCCCC/C=C\C/C=C\CCCCC)CCCCOS(=O)(=O)c1ccc(C)cc1. The van der Waals surface area contributed by atoms with Gasteiger partial charge in [0.2, 0.25) is 0 Å². The maximum Gasteiger partial charge on any atom is 0.296 e. The summed E-state index contributed by atoms with van der Waals surface area (Å²) >= 11 is 0. The first-order chi connectivity index (χ1) is 25.8. The molecule has 0 amide bonds. The number of rotatable bonds is 37. The Labute approximate surface area is 329 Å². The number of benzene rings is 1. The molecule has 5 heteroatoms. The van der Waals surface area contributed by atoms with Gasteiger partial charge >= 0.3 is 0 Å². The lowest BCUT2D eigenvalue weighted by Crippen LogP contribution is -2.28. The van der Waals surface area contributed by atoms with E-state index in [1.165, 1.54) is 128 Å². The van der Waals surface area contributed by atoms with Crippen molar-refractivity contribution in [2.24, 2.45) is 0 Å². The number of aliphatic hydroxyl groups is 1. The van der Waals surface area contributed by atoms with Crippen molar-refractivity contribution in [1.29, 1.82) is 0 Å². The lowest BCUT2D eigenvalue weighted by atomic mass is 9.85. The molecule has 0 aromatic heterocycles. The van der Waals surface area contributed by atoms with E-state index in [2.05, 4.69) is 62.5 Å². The molecule has 0 spiro atoms. The third-order valence-electron chi connectivity index (χ3n) is 10.3. The largest absolute Gasteiger partial charge is 0.390 e. The Morgan fingerprint density at radius 1 is 0.509 bits per heavy atom. The van der Waals surface area contributed by atoms with E-state index in [4.69, 9.17) is 4.18 Å². The smallest absolute Gasteiger partial charge is 0.296 e. The van der Waals surface area contributed by atoms with Crippen LogP contribution in [0.4, 0.5) is 0 Å². The summed E-state index contributed by atoms with van der Waals surface area (Å²) in [4.78, 5) is 0.203. The highest BCUT2D eigenvalue weighted by Crippen LogP contribution is 2.29. The number of hydrogen-bond acceptors (Lipinski definition) is 4. The fourth-order valence-corrected chi connectivity index (χ4v) is 7.70.